The fourth-order valence-electron chi connectivity index (χ4n) is 1.96. The van der Waals surface area contributed by atoms with Gasteiger partial charge in [-0.25, -0.2) is 9.78 Å². The van der Waals surface area contributed by atoms with Gasteiger partial charge < -0.3 is 9.67 Å². The molecule has 0 spiro atoms. The van der Waals surface area contributed by atoms with Gasteiger partial charge in [-0.3, -0.25) is 9.97 Å². The largest absolute Gasteiger partial charge is 0.478 e. The Kier molecular flexibility index (Phi) is 3.42. The molecule has 0 aliphatic rings. The lowest BCUT2D eigenvalue weighted by molar-refractivity contribution is 0.0697. The maximum Gasteiger partial charge on any atom is 0.335 e. The van der Waals surface area contributed by atoms with Crippen LogP contribution in [-0.4, -0.2) is 30.6 Å². The maximum atomic E-state index is 11.0. The number of rotatable bonds is 4. The van der Waals surface area contributed by atoms with Crippen molar-refractivity contribution in [3.8, 4) is 11.4 Å². The highest BCUT2D eigenvalue weighted by molar-refractivity contribution is 5.88. The first-order chi connectivity index (χ1) is 10.2. The molecule has 0 bridgehead atoms. The third-order valence-electron chi connectivity index (χ3n) is 2.97. The molecule has 0 amide bonds. The second-order valence-corrected chi connectivity index (χ2v) is 4.49. The number of carbonyl (C=O) groups is 1. The Labute approximate surface area is 120 Å². The fourth-order valence-corrected chi connectivity index (χ4v) is 1.96. The number of aromatic carboxylic acids is 1. The van der Waals surface area contributed by atoms with E-state index in [4.69, 9.17) is 5.11 Å². The van der Waals surface area contributed by atoms with Gasteiger partial charge in [-0.15, -0.1) is 0 Å². The number of imidazole rings is 1. The zero-order valence-corrected chi connectivity index (χ0v) is 11.0. The van der Waals surface area contributed by atoms with Crippen molar-refractivity contribution in [1.29, 1.82) is 0 Å². The minimum atomic E-state index is -0.980. The summed E-state index contributed by atoms with van der Waals surface area (Å²) in [6, 6.07) is 8.69. The molecule has 6 heteroatoms. The molecule has 104 valence electrons. The quantitative estimate of drug-likeness (QED) is 0.791. The minimum Gasteiger partial charge on any atom is -0.478 e. The van der Waals surface area contributed by atoms with Gasteiger partial charge in [0.05, 0.1) is 29.8 Å². The van der Waals surface area contributed by atoms with Gasteiger partial charge in [0.25, 0.3) is 0 Å². The molecule has 0 atom stereocenters. The third-order valence-corrected chi connectivity index (χ3v) is 2.97. The van der Waals surface area contributed by atoms with Gasteiger partial charge in [0.2, 0.25) is 0 Å². The Balaban J connectivity index is 1.85. The molecule has 0 saturated heterocycles. The Morgan fingerprint density at radius 2 is 2.00 bits per heavy atom. The number of pyridine rings is 2. The van der Waals surface area contributed by atoms with Gasteiger partial charge in [-0.05, 0) is 24.3 Å². The Bertz CT molecular complexity index is 768. The molecule has 0 fully saturated rings. The second-order valence-electron chi connectivity index (χ2n) is 4.49. The number of aromatic nitrogens is 4. The van der Waals surface area contributed by atoms with Crippen molar-refractivity contribution in [2.45, 2.75) is 6.54 Å². The SMILES string of the molecule is O=C(O)c1ccnc(-c2cn(Cc3ccccn3)cn2)c1. The van der Waals surface area contributed by atoms with Crippen LogP contribution in [-0.2, 0) is 6.54 Å². The van der Waals surface area contributed by atoms with E-state index in [1.807, 2.05) is 29.0 Å². The number of carboxylic acids is 1. The topological polar surface area (TPSA) is 80.9 Å². The first-order valence-corrected chi connectivity index (χ1v) is 6.34. The molecule has 1 N–H and O–H groups in total. The Morgan fingerprint density at radius 3 is 2.76 bits per heavy atom. The van der Waals surface area contributed by atoms with E-state index in [0.717, 1.165) is 5.69 Å². The lowest BCUT2D eigenvalue weighted by Crippen LogP contribution is -1.98. The van der Waals surface area contributed by atoms with Crippen molar-refractivity contribution in [3.63, 3.8) is 0 Å². The number of hydrogen-bond donors (Lipinski definition) is 1. The molecule has 0 unspecified atom stereocenters. The summed E-state index contributed by atoms with van der Waals surface area (Å²) in [5, 5.41) is 8.99. The van der Waals surface area contributed by atoms with Crippen LogP contribution in [0.1, 0.15) is 16.1 Å². The van der Waals surface area contributed by atoms with E-state index in [9.17, 15) is 4.79 Å². The highest BCUT2D eigenvalue weighted by Crippen LogP contribution is 2.16. The van der Waals surface area contributed by atoms with Crippen LogP contribution in [0, 0.1) is 0 Å². The predicted octanol–water partition coefficient (Wildman–Crippen LogP) is 2.09. The summed E-state index contributed by atoms with van der Waals surface area (Å²) in [4.78, 5) is 23.6. The van der Waals surface area contributed by atoms with Crippen LogP contribution in [0.15, 0.2) is 55.2 Å². The van der Waals surface area contributed by atoms with E-state index >= 15 is 0 Å². The smallest absolute Gasteiger partial charge is 0.335 e. The van der Waals surface area contributed by atoms with Crippen molar-refractivity contribution in [1.82, 2.24) is 19.5 Å². The zero-order valence-electron chi connectivity index (χ0n) is 11.0. The molecule has 0 saturated carbocycles. The molecule has 3 rings (SSSR count). The summed E-state index contributed by atoms with van der Waals surface area (Å²) >= 11 is 0. The van der Waals surface area contributed by atoms with Crippen LogP contribution in [0.25, 0.3) is 11.4 Å². The molecule has 3 aromatic heterocycles. The third kappa shape index (κ3) is 2.94. The fraction of sp³-hybridized carbons (Fsp3) is 0.0667. The molecular weight excluding hydrogens is 268 g/mol. The van der Waals surface area contributed by atoms with Gasteiger partial charge in [-0.1, -0.05) is 6.07 Å². The van der Waals surface area contributed by atoms with Gasteiger partial charge in [0.15, 0.2) is 0 Å². The maximum absolute atomic E-state index is 11.0. The van der Waals surface area contributed by atoms with E-state index < -0.39 is 5.97 Å². The molecule has 6 nitrogen and oxygen atoms in total. The van der Waals surface area contributed by atoms with Crippen LogP contribution >= 0.6 is 0 Å². The normalized spacial score (nSPS) is 10.5. The van der Waals surface area contributed by atoms with Crippen LogP contribution < -0.4 is 0 Å². The summed E-state index contributed by atoms with van der Waals surface area (Å²) in [7, 11) is 0. The Hall–Kier alpha value is -3.02. The van der Waals surface area contributed by atoms with E-state index in [1.54, 1.807) is 12.5 Å². The molecule has 0 aromatic carbocycles. The van der Waals surface area contributed by atoms with Crippen LogP contribution in [0.4, 0.5) is 0 Å². The molecule has 3 aromatic rings. The first kappa shape index (κ1) is 13.0. The van der Waals surface area contributed by atoms with E-state index in [0.29, 0.717) is 17.9 Å². The number of hydrogen-bond acceptors (Lipinski definition) is 4. The summed E-state index contributed by atoms with van der Waals surface area (Å²) < 4.78 is 1.88. The van der Waals surface area contributed by atoms with Crippen molar-refractivity contribution in [2.75, 3.05) is 0 Å². The van der Waals surface area contributed by atoms with E-state index in [-0.39, 0.29) is 5.56 Å². The molecule has 21 heavy (non-hydrogen) atoms. The number of carboxylic acid groups (broad SMARTS) is 1. The second kappa shape index (κ2) is 5.54. The zero-order chi connectivity index (χ0) is 14.7. The molecular formula is C15H12N4O2. The summed E-state index contributed by atoms with van der Waals surface area (Å²) in [6.07, 6.45) is 6.71. The summed E-state index contributed by atoms with van der Waals surface area (Å²) in [5.74, 6) is -0.980. The summed E-state index contributed by atoms with van der Waals surface area (Å²) in [5.41, 5.74) is 2.29. The average Bonchev–Trinajstić information content (AvgIpc) is 2.97. The lowest BCUT2D eigenvalue weighted by Gasteiger charge is -2.00. The van der Waals surface area contributed by atoms with Crippen LogP contribution in [0.2, 0.25) is 0 Å². The van der Waals surface area contributed by atoms with Crippen LogP contribution in [0.5, 0.6) is 0 Å². The standard InChI is InChI=1S/C15H12N4O2/c20-15(21)11-4-6-17-13(7-11)14-9-19(10-18-14)8-12-3-1-2-5-16-12/h1-7,9-10H,8H2,(H,20,21). The van der Waals surface area contributed by atoms with Crippen molar-refractivity contribution < 1.29 is 9.90 Å². The molecule has 0 radical (unpaired) electrons. The van der Waals surface area contributed by atoms with Gasteiger partial charge in [0.1, 0.15) is 5.69 Å². The van der Waals surface area contributed by atoms with Gasteiger partial charge >= 0.3 is 5.97 Å². The first-order valence-electron chi connectivity index (χ1n) is 6.34. The van der Waals surface area contributed by atoms with Crippen molar-refractivity contribution in [3.05, 3.63) is 66.5 Å². The average molecular weight is 280 g/mol. The highest BCUT2D eigenvalue weighted by Gasteiger charge is 2.08. The lowest BCUT2D eigenvalue weighted by atomic mass is 10.2. The van der Waals surface area contributed by atoms with Gasteiger partial charge in [-0.2, -0.15) is 0 Å². The molecule has 0 aliphatic heterocycles. The Morgan fingerprint density at radius 1 is 1.10 bits per heavy atom. The van der Waals surface area contributed by atoms with Crippen molar-refractivity contribution in [2.24, 2.45) is 0 Å². The van der Waals surface area contributed by atoms with E-state index in [2.05, 4.69) is 15.0 Å². The predicted molar refractivity (Wildman–Crippen MR) is 75.8 cm³/mol. The number of nitrogens with zero attached hydrogens (tertiary/aromatic N) is 4. The molecule has 0 aliphatic carbocycles. The van der Waals surface area contributed by atoms with Crippen LogP contribution in [0.3, 0.4) is 0 Å². The van der Waals surface area contributed by atoms with Gasteiger partial charge in [0, 0.05) is 18.6 Å². The highest BCUT2D eigenvalue weighted by atomic mass is 16.4. The van der Waals surface area contributed by atoms with E-state index in [1.165, 1.54) is 18.3 Å². The molecule has 3 heterocycles. The summed E-state index contributed by atoms with van der Waals surface area (Å²) in [6.45, 7) is 0.604. The van der Waals surface area contributed by atoms with Crippen molar-refractivity contribution >= 4 is 5.97 Å². The monoisotopic (exact) mass is 280 g/mol. The minimum absolute atomic E-state index is 0.194.